The minimum Gasteiger partial charge on any atom is -0.744 e. The van der Waals surface area contributed by atoms with Crippen LogP contribution >= 0.6 is 67.8 Å². The van der Waals surface area contributed by atoms with Crippen LogP contribution in [0, 0.1) is 34.4 Å². The van der Waals surface area contributed by atoms with Crippen molar-refractivity contribution in [2.45, 2.75) is 23.5 Å². The molecule has 0 amide bonds. The van der Waals surface area contributed by atoms with Crippen molar-refractivity contribution in [2.24, 2.45) is 23.7 Å². The summed E-state index contributed by atoms with van der Waals surface area (Å²) in [4.78, 5) is 40.0. The largest absolute Gasteiger partial charge is 0.744 e. The molecule has 2 bridgehead atoms. The molecule has 0 N–H and O–H groups in total. The van der Waals surface area contributed by atoms with E-state index in [-0.39, 0.29) is 22.8 Å². The van der Waals surface area contributed by atoms with Gasteiger partial charge in [-0.15, -0.1) is 0 Å². The van der Waals surface area contributed by atoms with Crippen LogP contribution in [-0.4, -0.2) is 43.1 Å². The number of ether oxygens (including phenoxy) is 3. The predicted octanol–water partition coefficient (Wildman–Crippen LogP) is 6.68. The third-order valence-electron chi connectivity index (χ3n) is 8.97. The topological polar surface area (TPSA) is 136 Å². The molecule has 47 heavy (non-hydrogen) atoms. The summed E-state index contributed by atoms with van der Waals surface area (Å²) in [5.74, 6) is -4.38. The van der Waals surface area contributed by atoms with E-state index in [4.69, 9.17) is 14.2 Å². The molecule has 0 radical (unpaired) electrons. The van der Waals surface area contributed by atoms with Crippen LogP contribution in [-0.2, 0) is 29.2 Å². The van der Waals surface area contributed by atoms with Gasteiger partial charge in [0.1, 0.15) is 28.1 Å². The summed E-state index contributed by atoms with van der Waals surface area (Å²) in [6.07, 6.45) is -1.05. The van der Waals surface area contributed by atoms with Crippen LogP contribution in [0.25, 0.3) is 22.3 Å². The average molecular weight is 987 g/mol. The molecule has 0 aromatic heterocycles. The molecule has 4 aromatic carbocycles. The summed E-state index contributed by atoms with van der Waals surface area (Å²) in [6, 6.07) is 23.3. The van der Waals surface area contributed by atoms with E-state index >= 15 is 0 Å². The first-order valence-electron chi connectivity index (χ1n) is 14.4. The van der Waals surface area contributed by atoms with Crippen LogP contribution < -0.4 is 4.74 Å². The maximum Gasteiger partial charge on any atom is 0.339 e. The van der Waals surface area contributed by atoms with Gasteiger partial charge in [0.15, 0.2) is 0 Å². The molecule has 3 fully saturated rings. The van der Waals surface area contributed by atoms with Crippen molar-refractivity contribution in [1.82, 2.24) is 0 Å². The van der Waals surface area contributed by atoms with Crippen molar-refractivity contribution in [3.05, 3.63) is 101 Å². The highest BCUT2D eigenvalue weighted by molar-refractivity contribution is 14.1. The third-order valence-corrected chi connectivity index (χ3v) is 13.6. The number of benzene rings is 4. The van der Waals surface area contributed by atoms with Gasteiger partial charge in [-0.3, -0.25) is 9.59 Å². The second-order valence-electron chi connectivity index (χ2n) is 11.6. The highest BCUT2D eigenvalue weighted by Crippen LogP contribution is 2.59. The Kier molecular flexibility index (Phi) is 8.89. The van der Waals surface area contributed by atoms with Crippen molar-refractivity contribution < 1.29 is 41.6 Å². The minimum atomic E-state index is -4.99. The molecular formula is C34H22I3O9S-. The Morgan fingerprint density at radius 2 is 1.45 bits per heavy atom. The maximum absolute atomic E-state index is 14.0. The lowest BCUT2D eigenvalue weighted by Gasteiger charge is -2.30. The fourth-order valence-electron chi connectivity index (χ4n) is 7.14. The van der Waals surface area contributed by atoms with E-state index in [1.54, 1.807) is 66.7 Å². The van der Waals surface area contributed by atoms with Crippen molar-refractivity contribution in [3.63, 3.8) is 0 Å². The summed E-state index contributed by atoms with van der Waals surface area (Å²) in [5, 5.41) is 0. The van der Waals surface area contributed by atoms with Gasteiger partial charge < -0.3 is 18.8 Å². The molecule has 4 aromatic rings. The molecule has 7 rings (SSSR count). The molecule has 9 nitrogen and oxygen atoms in total. The van der Waals surface area contributed by atoms with Gasteiger partial charge in [0, 0.05) is 33.7 Å². The van der Waals surface area contributed by atoms with Crippen molar-refractivity contribution >= 4 is 95.8 Å². The van der Waals surface area contributed by atoms with Gasteiger partial charge in [0.25, 0.3) is 0 Å². The van der Waals surface area contributed by atoms with E-state index in [1.807, 2.05) is 6.07 Å². The zero-order chi connectivity index (χ0) is 33.2. The van der Waals surface area contributed by atoms with Gasteiger partial charge in [0.05, 0.1) is 22.3 Å². The number of esters is 3. The molecule has 3 aliphatic rings. The van der Waals surface area contributed by atoms with E-state index < -0.39 is 62.9 Å². The summed E-state index contributed by atoms with van der Waals surface area (Å²) >= 11 is 6.37. The first kappa shape index (κ1) is 32.9. The van der Waals surface area contributed by atoms with Crippen LogP contribution in [0.1, 0.15) is 16.8 Å². The smallest absolute Gasteiger partial charge is 0.339 e. The second kappa shape index (κ2) is 12.7. The van der Waals surface area contributed by atoms with Gasteiger partial charge >= 0.3 is 17.9 Å². The normalized spacial score (nSPS) is 24.2. The SMILES string of the molecule is O=C(OC1C2CC3C1OC(=O)C3C2C(=O)Oc1cc(-c2ccccc2)c(S(=O)(=O)[O-])c(-c2ccccc2)c1)c1cc(I)cc(I)c1I. The van der Waals surface area contributed by atoms with Gasteiger partial charge in [-0.2, -0.15) is 0 Å². The monoisotopic (exact) mass is 987 g/mol. The highest BCUT2D eigenvalue weighted by Gasteiger charge is 2.70. The Bertz CT molecular complexity index is 1990. The maximum atomic E-state index is 14.0. The lowest BCUT2D eigenvalue weighted by atomic mass is 9.78. The first-order valence-corrected chi connectivity index (χ1v) is 19.1. The molecule has 2 aliphatic carbocycles. The van der Waals surface area contributed by atoms with Crippen LogP contribution in [0.3, 0.4) is 0 Å². The summed E-state index contributed by atoms with van der Waals surface area (Å²) in [6.45, 7) is 0. The number of hydrogen-bond donors (Lipinski definition) is 0. The van der Waals surface area contributed by atoms with Crippen LogP contribution in [0.4, 0.5) is 0 Å². The Balaban J connectivity index is 1.25. The minimum absolute atomic E-state index is 0.00216. The third kappa shape index (κ3) is 5.99. The number of hydrogen-bond acceptors (Lipinski definition) is 9. The van der Waals surface area contributed by atoms with E-state index in [0.29, 0.717) is 23.1 Å². The molecule has 13 heteroatoms. The molecular weight excluding hydrogens is 965 g/mol. The molecule has 0 spiro atoms. The molecule has 1 heterocycles. The lowest BCUT2D eigenvalue weighted by molar-refractivity contribution is -0.149. The van der Waals surface area contributed by atoms with Crippen LogP contribution in [0.15, 0.2) is 89.8 Å². The fraction of sp³-hybridized carbons (Fsp3) is 0.206. The van der Waals surface area contributed by atoms with E-state index in [1.165, 1.54) is 12.1 Å². The Morgan fingerprint density at radius 3 is 2.02 bits per heavy atom. The predicted molar refractivity (Wildman–Crippen MR) is 193 cm³/mol. The number of rotatable bonds is 7. The lowest BCUT2D eigenvalue weighted by Crippen LogP contribution is -2.44. The van der Waals surface area contributed by atoms with E-state index in [9.17, 15) is 27.4 Å². The first-order chi connectivity index (χ1) is 22.4. The number of carbonyl (C=O) groups is 3. The number of fused-ring (bicyclic) bond motifs is 1. The van der Waals surface area contributed by atoms with Crippen LogP contribution in [0.2, 0.25) is 0 Å². The highest BCUT2D eigenvalue weighted by atomic mass is 127. The number of carbonyl (C=O) groups excluding carboxylic acids is 3. The summed E-state index contributed by atoms with van der Waals surface area (Å²) < 4.78 is 58.2. The molecule has 2 saturated carbocycles. The molecule has 240 valence electrons. The van der Waals surface area contributed by atoms with E-state index in [2.05, 4.69) is 67.8 Å². The Morgan fingerprint density at radius 1 is 0.851 bits per heavy atom. The zero-order valence-electron chi connectivity index (χ0n) is 24.0. The molecule has 1 aliphatic heterocycles. The average Bonchev–Trinajstić information content (AvgIpc) is 3.67. The second-order valence-corrected chi connectivity index (χ2v) is 16.4. The zero-order valence-corrected chi connectivity index (χ0v) is 31.3. The Hall–Kier alpha value is -2.61. The molecule has 6 unspecified atom stereocenters. The molecule has 1 saturated heterocycles. The van der Waals surface area contributed by atoms with Crippen molar-refractivity contribution in [3.8, 4) is 28.0 Å². The standard InChI is InChI=1S/C34H23I3O9S/c35-18-11-24(28(37)25(36)12-18)32(38)45-29-22-15-23-27(34(40)46-30(23)29)26(22)33(39)44-19-13-20(16-7-3-1-4-8-16)31(47(41,42)43)21(14-19)17-9-5-2-6-10-17/h1-14,22-23,26-27,29-30H,15H2,(H,41,42,43)/p-1. The Labute approximate surface area is 310 Å². The molecule has 6 atom stereocenters. The van der Waals surface area contributed by atoms with Gasteiger partial charge in [-0.1, -0.05) is 60.7 Å². The van der Waals surface area contributed by atoms with Gasteiger partial charge in [0.2, 0.25) is 0 Å². The van der Waals surface area contributed by atoms with Gasteiger partial charge in [-0.25, -0.2) is 13.2 Å². The summed E-state index contributed by atoms with van der Waals surface area (Å²) in [5.41, 5.74) is 1.41. The van der Waals surface area contributed by atoms with E-state index in [0.717, 1.165) is 10.7 Å². The van der Waals surface area contributed by atoms with Gasteiger partial charge in [-0.05, 0) is 110 Å². The van der Waals surface area contributed by atoms with Crippen molar-refractivity contribution in [1.29, 1.82) is 0 Å². The summed E-state index contributed by atoms with van der Waals surface area (Å²) in [7, 11) is -4.99. The van der Waals surface area contributed by atoms with Crippen LogP contribution in [0.5, 0.6) is 5.75 Å². The number of halogens is 3. The fourth-order valence-corrected chi connectivity index (χ4v) is 10.4. The quantitative estimate of drug-likeness (QED) is 0.0654. The van der Waals surface area contributed by atoms with Crippen molar-refractivity contribution in [2.75, 3.05) is 0 Å².